The lowest BCUT2D eigenvalue weighted by Gasteiger charge is -2.20. The molecule has 8 nitrogen and oxygen atoms in total. The van der Waals surface area contributed by atoms with Gasteiger partial charge < -0.3 is 9.26 Å². The SMILES string of the molecule is Cc1ccc2c(c1)C(=O)N(C(C)C(=O)OCc1nc(-c3ccc(Cl)cc3)no1)C2=O. The molecule has 1 aliphatic rings. The summed E-state index contributed by atoms with van der Waals surface area (Å²) in [4.78, 5) is 42.7. The number of halogens is 1. The minimum Gasteiger partial charge on any atom is -0.454 e. The number of amides is 2. The van der Waals surface area contributed by atoms with Crippen LogP contribution in [-0.4, -0.2) is 38.9 Å². The molecule has 0 radical (unpaired) electrons. The number of aryl methyl sites for hydroxylation is 1. The quantitative estimate of drug-likeness (QED) is 0.455. The largest absolute Gasteiger partial charge is 0.454 e. The van der Waals surface area contributed by atoms with Crippen molar-refractivity contribution in [2.24, 2.45) is 0 Å². The first-order chi connectivity index (χ1) is 14.3. The van der Waals surface area contributed by atoms with Gasteiger partial charge in [-0.2, -0.15) is 4.98 Å². The monoisotopic (exact) mass is 425 g/mol. The molecule has 2 heterocycles. The van der Waals surface area contributed by atoms with Crippen molar-refractivity contribution in [2.75, 3.05) is 0 Å². The van der Waals surface area contributed by atoms with E-state index in [0.29, 0.717) is 16.4 Å². The molecule has 2 amide bonds. The average Bonchev–Trinajstić information content (AvgIpc) is 3.29. The van der Waals surface area contributed by atoms with Crippen LogP contribution < -0.4 is 0 Å². The van der Waals surface area contributed by atoms with Crippen LogP contribution in [0.1, 0.15) is 39.1 Å². The van der Waals surface area contributed by atoms with Gasteiger partial charge in [-0.15, -0.1) is 0 Å². The molecule has 3 aromatic rings. The lowest BCUT2D eigenvalue weighted by Crippen LogP contribution is -2.43. The molecule has 0 N–H and O–H groups in total. The van der Waals surface area contributed by atoms with Gasteiger partial charge in [0.1, 0.15) is 6.04 Å². The van der Waals surface area contributed by atoms with Crippen LogP contribution in [0.15, 0.2) is 47.0 Å². The van der Waals surface area contributed by atoms with Crippen LogP contribution in [-0.2, 0) is 16.1 Å². The third-order valence-corrected chi connectivity index (χ3v) is 4.96. The van der Waals surface area contributed by atoms with Gasteiger partial charge in [-0.05, 0) is 50.2 Å². The second-order valence-corrected chi connectivity index (χ2v) is 7.27. The molecule has 1 unspecified atom stereocenters. The summed E-state index contributed by atoms with van der Waals surface area (Å²) < 4.78 is 10.3. The van der Waals surface area contributed by atoms with E-state index in [1.54, 1.807) is 42.5 Å². The first-order valence-corrected chi connectivity index (χ1v) is 9.46. The normalized spacial score (nSPS) is 14.0. The fourth-order valence-electron chi connectivity index (χ4n) is 3.11. The number of fused-ring (bicyclic) bond motifs is 1. The summed E-state index contributed by atoms with van der Waals surface area (Å²) in [5, 5.41) is 4.41. The number of rotatable bonds is 5. The Labute approximate surface area is 176 Å². The molecule has 1 aromatic heterocycles. The second kappa shape index (κ2) is 7.72. The Morgan fingerprint density at radius 1 is 1.13 bits per heavy atom. The predicted molar refractivity (Wildman–Crippen MR) is 106 cm³/mol. The number of benzene rings is 2. The number of carbonyl (C=O) groups is 3. The zero-order chi connectivity index (χ0) is 21.4. The highest BCUT2D eigenvalue weighted by Crippen LogP contribution is 2.26. The van der Waals surface area contributed by atoms with Crippen molar-refractivity contribution in [3.8, 4) is 11.4 Å². The third-order valence-electron chi connectivity index (χ3n) is 4.71. The van der Waals surface area contributed by atoms with E-state index in [1.165, 1.54) is 6.92 Å². The van der Waals surface area contributed by atoms with Crippen molar-refractivity contribution >= 4 is 29.4 Å². The van der Waals surface area contributed by atoms with Gasteiger partial charge in [-0.1, -0.05) is 28.4 Å². The van der Waals surface area contributed by atoms with Crippen LogP contribution in [0.2, 0.25) is 5.02 Å². The molecule has 0 bridgehead atoms. The molecule has 152 valence electrons. The Balaban J connectivity index is 1.42. The lowest BCUT2D eigenvalue weighted by molar-refractivity contribution is -0.149. The third kappa shape index (κ3) is 3.57. The number of aromatic nitrogens is 2. The number of hydrogen-bond donors (Lipinski definition) is 0. The van der Waals surface area contributed by atoms with E-state index in [1.807, 2.05) is 6.92 Å². The van der Waals surface area contributed by atoms with Gasteiger partial charge in [0.25, 0.3) is 17.7 Å². The van der Waals surface area contributed by atoms with Gasteiger partial charge in [-0.3, -0.25) is 14.5 Å². The summed E-state index contributed by atoms with van der Waals surface area (Å²) >= 11 is 5.86. The first kappa shape index (κ1) is 19.8. The zero-order valence-corrected chi connectivity index (χ0v) is 16.8. The van der Waals surface area contributed by atoms with Gasteiger partial charge >= 0.3 is 5.97 Å². The van der Waals surface area contributed by atoms with Crippen molar-refractivity contribution in [3.05, 3.63) is 70.1 Å². The second-order valence-electron chi connectivity index (χ2n) is 6.83. The molecule has 30 heavy (non-hydrogen) atoms. The highest BCUT2D eigenvalue weighted by atomic mass is 35.5. The van der Waals surface area contributed by atoms with E-state index in [4.69, 9.17) is 20.9 Å². The summed E-state index contributed by atoms with van der Waals surface area (Å²) in [5.41, 5.74) is 2.09. The van der Waals surface area contributed by atoms with Gasteiger partial charge in [0.05, 0.1) is 11.1 Å². The zero-order valence-electron chi connectivity index (χ0n) is 16.1. The number of carbonyl (C=O) groups excluding carboxylic acids is 3. The fraction of sp³-hybridized carbons (Fsp3) is 0.190. The van der Waals surface area contributed by atoms with E-state index in [-0.39, 0.29) is 23.6 Å². The van der Waals surface area contributed by atoms with Crippen molar-refractivity contribution in [3.63, 3.8) is 0 Å². The maximum atomic E-state index is 12.6. The molecule has 0 saturated heterocycles. The summed E-state index contributed by atoms with van der Waals surface area (Å²) in [7, 11) is 0. The highest BCUT2D eigenvalue weighted by Gasteiger charge is 2.41. The summed E-state index contributed by atoms with van der Waals surface area (Å²) in [6, 6.07) is 10.7. The van der Waals surface area contributed by atoms with Crippen LogP contribution in [0.5, 0.6) is 0 Å². The Kier molecular flexibility index (Phi) is 5.09. The smallest absolute Gasteiger partial charge is 0.329 e. The van der Waals surface area contributed by atoms with E-state index < -0.39 is 23.8 Å². The van der Waals surface area contributed by atoms with Gasteiger partial charge in [0.15, 0.2) is 6.61 Å². The molecule has 0 spiro atoms. The molecule has 4 rings (SSSR count). The molecule has 0 aliphatic carbocycles. The topological polar surface area (TPSA) is 103 Å². The fourth-order valence-corrected chi connectivity index (χ4v) is 3.24. The van der Waals surface area contributed by atoms with Crippen molar-refractivity contribution in [2.45, 2.75) is 26.5 Å². The Morgan fingerprint density at radius 2 is 1.83 bits per heavy atom. The maximum Gasteiger partial charge on any atom is 0.329 e. The molecule has 9 heteroatoms. The molecule has 0 fully saturated rings. The van der Waals surface area contributed by atoms with Gasteiger partial charge in [0.2, 0.25) is 5.82 Å². The van der Waals surface area contributed by atoms with Crippen molar-refractivity contribution < 1.29 is 23.6 Å². The minimum atomic E-state index is -1.10. The van der Waals surface area contributed by atoms with Crippen LogP contribution in [0, 0.1) is 6.92 Å². The summed E-state index contributed by atoms with van der Waals surface area (Å²) in [6.45, 7) is 2.97. The predicted octanol–water partition coefficient (Wildman–Crippen LogP) is 3.43. The number of hydrogen-bond acceptors (Lipinski definition) is 7. The van der Waals surface area contributed by atoms with Crippen molar-refractivity contribution in [1.29, 1.82) is 0 Å². The number of nitrogens with zero attached hydrogens (tertiary/aromatic N) is 3. The standard InChI is InChI=1S/C21H16ClN3O5/c1-11-3-8-15-16(9-11)20(27)25(19(15)26)12(2)21(28)29-10-17-23-18(24-30-17)13-4-6-14(22)7-5-13/h3-9,12H,10H2,1-2H3. The Morgan fingerprint density at radius 3 is 2.57 bits per heavy atom. The van der Waals surface area contributed by atoms with Crippen molar-refractivity contribution in [1.82, 2.24) is 15.0 Å². The summed E-state index contributed by atoms with van der Waals surface area (Å²) in [6.07, 6.45) is 0. The minimum absolute atomic E-state index is 0.0819. The Bertz CT molecular complexity index is 1160. The van der Waals surface area contributed by atoms with Crippen LogP contribution in [0.25, 0.3) is 11.4 Å². The molecular formula is C21H16ClN3O5. The molecule has 1 aliphatic heterocycles. The van der Waals surface area contributed by atoms with E-state index >= 15 is 0 Å². The number of esters is 1. The van der Waals surface area contributed by atoms with E-state index in [0.717, 1.165) is 10.5 Å². The Hall–Kier alpha value is -3.52. The van der Waals surface area contributed by atoms with Crippen LogP contribution in [0.3, 0.4) is 0 Å². The maximum absolute atomic E-state index is 12.6. The van der Waals surface area contributed by atoms with E-state index in [2.05, 4.69) is 10.1 Å². The molecule has 0 saturated carbocycles. The van der Waals surface area contributed by atoms with E-state index in [9.17, 15) is 14.4 Å². The molecule has 1 atom stereocenters. The highest BCUT2D eigenvalue weighted by molar-refractivity contribution is 6.30. The summed E-state index contributed by atoms with van der Waals surface area (Å²) in [5.74, 6) is -1.40. The van der Waals surface area contributed by atoms with Crippen LogP contribution >= 0.6 is 11.6 Å². The number of ether oxygens (including phenoxy) is 1. The van der Waals surface area contributed by atoms with Gasteiger partial charge in [-0.25, -0.2) is 4.79 Å². The van der Waals surface area contributed by atoms with Gasteiger partial charge in [0, 0.05) is 10.6 Å². The average molecular weight is 426 g/mol. The molecular weight excluding hydrogens is 410 g/mol. The molecule has 2 aromatic carbocycles. The first-order valence-electron chi connectivity index (χ1n) is 9.09. The number of imide groups is 1. The van der Waals surface area contributed by atoms with Crippen LogP contribution in [0.4, 0.5) is 0 Å². The lowest BCUT2D eigenvalue weighted by atomic mass is 10.1.